The van der Waals surface area contributed by atoms with Crippen molar-refractivity contribution in [2.75, 3.05) is 26.2 Å². The summed E-state index contributed by atoms with van der Waals surface area (Å²) in [5.74, 6) is -1.28. The molecule has 1 N–H and O–H groups in total. The summed E-state index contributed by atoms with van der Waals surface area (Å²) in [5, 5.41) is 10.5. The zero-order chi connectivity index (χ0) is 16.3. The van der Waals surface area contributed by atoms with E-state index in [1.807, 2.05) is 0 Å². The largest absolute Gasteiger partial charge is 0.394 e. The van der Waals surface area contributed by atoms with Gasteiger partial charge in [0.25, 0.3) is 0 Å². The van der Waals surface area contributed by atoms with Crippen LogP contribution in [0.15, 0.2) is 0 Å². The third kappa shape index (κ3) is 2.88. The topological polar surface area (TPSA) is 30.0 Å². The molecule has 2 bridgehead atoms. The van der Waals surface area contributed by atoms with Gasteiger partial charge in [-0.05, 0) is 33.6 Å². The first kappa shape index (κ1) is 16.5. The molecule has 3 aliphatic heterocycles. The molecule has 7 heteroatoms. The number of fused-ring (bicyclic) bond motifs is 2. The minimum Gasteiger partial charge on any atom is -0.365 e. The van der Waals surface area contributed by atoms with E-state index in [9.17, 15) is 18.3 Å². The molecule has 3 rings (SSSR count). The summed E-state index contributed by atoms with van der Waals surface area (Å²) < 4.78 is 37.8. The Hall–Kier alpha value is -0.370. The van der Waals surface area contributed by atoms with Crippen LogP contribution >= 0.6 is 0 Å². The highest BCUT2D eigenvalue weighted by Gasteiger charge is 2.52. The van der Waals surface area contributed by atoms with E-state index in [0.717, 1.165) is 25.9 Å². The predicted octanol–water partition coefficient (Wildman–Crippen LogP) is 1.70. The third-order valence-corrected chi connectivity index (χ3v) is 5.45. The molecule has 0 amide bonds. The highest BCUT2D eigenvalue weighted by Crippen LogP contribution is 2.39. The fourth-order valence-electron chi connectivity index (χ4n) is 3.96. The average Bonchev–Trinajstić information content (AvgIpc) is 2.54. The van der Waals surface area contributed by atoms with Crippen molar-refractivity contribution in [2.45, 2.75) is 63.8 Å². The number of hydrogen-bond donors (Lipinski definition) is 1. The van der Waals surface area contributed by atoms with Gasteiger partial charge in [-0.25, -0.2) is 0 Å². The number of aliphatic hydroxyl groups excluding tert-OH is 1. The van der Waals surface area contributed by atoms with Crippen molar-refractivity contribution >= 4 is 0 Å². The monoisotopic (exact) mass is 321 g/mol. The van der Waals surface area contributed by atoms with E-state index in [-0.39, 0.29) is 30.7 Å². The number of aliphatic hydroxyl groups is 1. The van der Waals surface area contributed by atoms with Gasteiger partial charge in [-0.2, -0.15) is 13.2 Å². The Balaban J connectivity index is 1.61. The Labute approximate surface area is 129 Å². The summed E-state index contributed by atoms with van der Waals surface area (Å²) in [5.41, 5.74) is 0.0933. The van der Waals surface area contributed by atoms with Crippen molar-refractivity contribution in [3.8, 4) is 0 Å². The van der Waals surface area contributed by atoms with E-state index in [1.165, 1.54) is 0 Å². The van der Waals surface area contributed by atoms with Gasteiger partial charge in [-0.15, -0.1) is 0 Å². The Bertz CT molecular complexity index is 403. The summed E-state index contributed by atoms with van der Waals surface area (Å²) in [4.78, 5) is 6.03. The summed E-state index contributed by atoms with van der Waals surface area (Å²) in [7, 11) is 0. The number of nitrogens with zero attached hydrogens (tertiary/aromatic N) is 3. The molecule has 0 spiro atoms. The average molecular weight is 321 g/mol. The summed E-state index contributed by atoms with van der Waals surface area (Å²) in [6.45, 7) is 8.15. The molecular weight excluding hydrogens is 295 g/mol. The quantitative estimate of drug-likeness (QED) is 0.838. The van der Waals surface area contributed by atoms with Crippen LogP contribution in [0.1, 0.15) is 33.6 Å². The van der Waals surface area contributed by atoms with Crippen molar-refractivity contribution < 1.29 is 18.3 Å². The molecule has 3 unspecified atom stereocenters. The lowest BCUT2D eigenvalue weighted by Crippen LogP contribution is -2.68. The van der Waals surface area contributed by atoms with Crippen LogP contribution in [0.4, 0.5) is 13.2 Å². The molecule has 0 aromatic carbocycles. The zero-order valence-electron chi connectivity index (χ0n) is 13.5. The van der Waals surface area contributed by atoms with Gasteiger partial charge in [0.2, 0.25) is 0 Å². The molecule has 3 saturated heterocycles. The smallest absolute Gasteiger partial charge is 0.365 e. The third-order valence-electron chi connectivity index (χ3n) is 5.45. The lowest BCUT2D eigenvalue weighted by Gasteiger charge is -2.52. The molecule has 0 saturated carbocycles. The van der Waals surface area contributed by atoms with Crippen molar-refractivity contribution in [3.63, 3.8) is 0 Å². The number of hydrogen-bond acceptors (Lipinski definition) is 4. The molecule has 0 aliphatic carbocycles. The normalized spacial score (nSPS) is 34.0. The first-order valence-electron chi connectivity index (χ1n) is 8.08. The number of likely N-dealkylation sites (tertiary alicyclic amines) is 2. The van der Waals surface area contributed by atoms with Crippen LogP contribution in [0.5, 0.6) is 0 Å². The van der Waals surface area contributed by atoms with E-state index in [2.05, 4.69) is 30.6 Å². The van der Waals surface area contributed by atoms with Gasteiger partial charge >= 0.3 is 6.18 Å². The summed E-state index contributed by atoms with van der Waals surface area (Å²) in [6.07, 6.45) is -2.96. The van der Waals surface area contributed by atoms with Crippen LogP contribution in [0.2, 0.25) is 0 Å². The number of piperazine rings is 1. The van der Waals surface area contributed by atoms with Crippen LogP contribution in [-0.4, -0.2) is 76.1 Å². The molecule has 0 aromatic heterocycles. The molecule has 0 aromatic rings. The van der Waals surface area contributed by atoms with Crippen LogP contribution in [0.3, 0.4) is 0 Å². The van der Waals surface area contributed by atoms with E-state index in [1.54, 1.807) is 4.90 Å². The molecule has 4 nitrogen and oxygen atoms in total. The fourth-order valence-corrected chi connectivity index (χ4v) is 3.96. The van der Waals surface area contributed by atoms with Gasteiger partial charge in [0.05, 0.1) is 5.92 Å². The van der Waals surface area contributed by atoms with Gasteiger partial charge in [0.15, 0.2) is 6.35 Å². The fraction of sp³-hybridized carbons (Fsp3) is 1.00. The molecule has 128 valence electrons. The molecule has 22 heavy (non-hydrogen) atoms. The molecule has 3 aliphatic rings. The van der Waals surface area contributed by atoms with Gasteiger partial charge < -0.3 is 5.11 Å². The maximum Gasteiger partial charge on any atom is 0.394 e. The second kappa shape index (κ2) is 5.33. The van der Waals surface area contributed by atoms with E-state index < -0.39 is 18.4 Å². The summed E-state index contributed by atoms with van der Waals surface area (Å²) >= 11 is 0. The number of halogens is 3. The Morgan fingerprint density at radius 2 is 1.45 bits per heavy atom. The van der Waals surface area contributed by atoms with Crippen LogP contribution in [-0.2, 0) is 0 Å². The van der Waals surface area contributed by atoms with Crippen LogP contribution < -0.4 is 0 Å². The second-order valence-electron chi connectivity index (χ2n) is 7.95. The zero-order valence-corrected chi connectivity index (χ0v) is 13.5. The van der Waals surface area contributed by atoms with Crippen molar-refractivity contribution in [1.82, 2.24) is 14.7 Å². The highest BCUT2D eigenvalue weighted by atomic mass is 19.4. The first-order valence-corrected chi connectivity index (χ1v) is 8.08. The maximum absolute atomic E-state index is 12.6. The Morgan fingerprint density at radius 3 is 1.86 bits per heavy atom. The van der Waals surface area contributed by atoms with Crippen LogP contribution in [0.25, 0.3) is 0 Å². The lowest BCUT2D eigenvalue weighted by molar-refractivity contribution is -0.253. The van der Waals surface area contributed by atoms with Gasteiger partial charge in [-0.3, -0.25) is 14.7 Å². The number of rotatable bonds is 2. The standard InChI is InChI=1S/C15H26F3N3O/c1-14(2,3)20-8-11-4-5-12(9-20)21(11)13(22)19-6-10(7-19)15(16,17)18/h10-13,22H,4-9H2,1-3H3. The van der Waals surface area contributed by atoms with Gasteiger partial charge in [0, 0.05) is 43.8 Å². The van der Waals surface area contributed by atoms with E-state index >= 15 is 0 Å². The number of alkyl halides is 3. The molecule has 0 radical (unpaired) electrons. The van der Waals surface area contributed by atoms with Gasteiger partial charge in [0.1, 0.15) is 0 Å². The Morgan fingerprint density at radius 1 is 0.955 bits per heavy atom. The molecule has 3 heterocycles. The van der Waals surface area contributed by atoms with Crippen molar-refractivity contribution in [3.05, 3.63) is 0 Å². The maximum atomic E-state index is 12.6. The van der Waals surface area contributed by atoms with Crippen LogP contribution in [0, 0.1) is 5.92 Å². The van der Waals surface area contributed by atoms with E-state index in [0.29, 0.717) is 0 Å². The van der Waals surface area contributed by atoms with Crippen molar-refractivity contribution in [1.29, 1.82) is 0 Å². The lowest BCUT2D eigenvalue weighted by atomic mass is 9.99. The minimum atomic E-state index is -4.14. The predicted molar refractivity (Wildman–Crippen MR) is 77.1 cm³/mol. The van der Waals surface area contributed by atoms with Crippen molar-refractivity contribution in [2.24, 2.45) is 5.92 Å². The Kier molecular flexibility index (Phi) is 3.99. The SMILES string of the molecule is CC(C)(C)N1CC2CCC(C1)N2C(O)N1CC(C(F)(F)F)C1. The molecular formula is C15H26F3N3O. The molecule has 3 fully saturated rings. The van der Waals surface area contributed by atoms with Gasteiger partial charge in [-0.1, -0.05) is 0 Å². The van der Waals surface area contributed by atoms with E-state index in [4.69, 9.17) is 0 Å². The highest BCUT2D eigenvalue weighted by molar-refractivity contribution is 5.00. The minimum absolute atomic E-state index is 0.0798. The first-order chi connectivity index (χ1) is 10.1. The summed E-state index contributed by atoms with van der Waals surface area (Å²) in [6, 6.07) is 0.496. The molecule has 3 atom stereocenters. The second-order valence-corrected chi connectivity index (χ2v) is 7.95.